The fraction of sp³-hybridized carbons (Fsp3) is 1.00. The third-order valence-corrected chi connectivity index (χ3v) is 2.52. The van der Waals surface area contributed by atoms with E-state index in [2.05, 4.69) is 31.9 Å². The van der Waals surface area contributed by atoms with Crippen LogP contribution in [0.3, 0.4) is 0 Å². The topological polar surface area (TPSA) is 20.2 Å². The van der Waals surface area contributed by atoms with Crippen molar-refractivity contribution in [2.24, 2.45) is 5.92 Å². The predicted octanol–water partition coefficient (Wildman–Crippen LogP) is 1.73. The zero-order valence-electron chi connectivity index (χ0n) is 4.06. The second kappa shape index (κ2) is 3.87. The van der Waals surface area contributed by atoms with Crippen LogP contribution in [0.25, 0.3) is 0 Å². The average Bonchev–Trinajstić information content (AvgIpc) is 1.65. The van der Waals surface area contributed by atoms with Crippen molar-refractivity contribution < 1.29 is 5.11 Å². The molecule has 1 N–H and O–H groups in total. The van der Waals surface area contributed by atoms with Crippen molar-refractivity contribution in [3.63, 3.8) is 0 Å². The smallest absolute Gasteiger partial charge is 0.0745 e. The summed E-state index contributed by atoms with van der Waals surface area (Å²) in [5.41, 5.74) is 0. The molecule has 0 aromatic heterocycles. The van der Waals surface area contributed by atoms with Crippen molar-refractivity contribution >= 4 is 31.9 Å². The van der Waals surface area contributed by atoms with Gasteiger partial charge in [-0.2, -0.15) is 0 Å². The van der Waals surface area contributed by atoms with Gasteiger partial charge < -0.3 is 5.11 Å². The Morgan fingerprint density at radius 2 is 2.00 bits per heavy atom. The highest BCUT2D eigenvalue weighted by molar-refractivity contribution is 9.24. The van der Waals surface area contributed by atoms with Crippen LogP contribution in [0, 0.1) is 5.92 Å². The largest absolute Gasteiger partial charge is 0.396 e. The van der Waals surface area contributed by atoms with Gasteiger partial charge in [0.25, 0.3) is 0 Å². The minimum atomic E-state index is 0.223. The van der Waals surface area contributed by atoms with Crippen LogP contribution >= 0.6 is 31.9 Å². The number of hydrogen-bond donors (Lipinski definition) is 1. The number of aliphatic hydroxyl groups is 1. The van der Waals surface area contributed by atoms with Crippen LogP contribution in [0.5, 0.6) is 0 Å². The maximum atomic E-state index is 8.45. The molecular formula is C4H8Br2O. The van der Waals surface area contributed by atoms with Gasteiger partial charge in [-0.25, -0.2) is 0 Å². The van der Waals surface area contributed by atoms with Crippen molar-refractivity contribution in [1.82, 2.24) is 0 Å². The number of aliphatic hydroxyl groups excluding tert-OH is 1. The molecule has 0 aliphatic carbocycles. The third-order valence-electron chi connectivity index (χ3n) is 0.718. The summed E-state index contributed by atoms with van der Waals surface area (Å²) in [6, 6.07) is 0. The van der Waals surface area contributed by atoms with Crippen molar-refractivity contribution in [3.05, 3.63) is 0 Å². The third kappa shape index (κ3) is 3.50. The molecule has 7 heavy (non-hydrogen) atoms. The zero-order valence-corrected chi connectivity index (χ0v) is 7.24. The van der Waals surface area contributed by atoms with Gasteiger partial charge >= 0.3 is 0 Å². The fourth-order valence-electron chi connectivity index (χ4n) is 0.0797. The van der Waals surface area contributed by atoms with Gasteiger partial charge in [0.15, 0.2) is 0 Å². The monoisotopic (exact) mass is 230 g/mol. The van der Waals surface area contributed by atoms with Crippen molar-refractivity contribution in [2.45, 2.75) is 10.7 Å². The van der Waals surface area contributed by atoms with Gasteiger partial charge in [0.1, 0.15) is 0 Å². The molecule has 0 rings (SSSR count). The van der Waals surface area contributed by atoms with Gasteiger partial charge in [-0.15, -0.1) is 0 Å². The Morgan fingerprint density at radius 1 is 1.57 bits per heavy atom. The van der Waals surface area contributed by atoms with E-state index in [1.54, 1.807) is 0 Å². The lowest BCUT2D eigenvalue weighted by molar-refractivity contribution is 0.248. The Morgan fingerprint density at radius 3 is 2.00 bits per heavy atom. The Hall–Kier alpha value is 0.920. The van der Waals surface area contributed by atoms with E-state index in [-0.39, 0.29) is 10.3 Å². The average molecular weight is 232 g/mol. The molecule has 1 nitrogen and oxygen atoms in total. The van der Waals surface area contributed by atoms with E-state index in [0.29, 0.717) is 5.92 Å². The Kier molecular flexibility index (Phi) is 4.37. The molecule has 44 valence electrons. The van der Waals surface area contributed by atoms with Crippen LogP contribution in [-0.4, -0.2) is 15.4 Å². The van der Waals surface area contributed by atoms with Gasteiger partial charge in [0, 0.05) is 12.5 Å². The molecule has 0 saturated heterocycles. The molecule has 0 aliphatic rings. The van der Waals surface area contributed by atoms with Crippen LogP contribution in [0.15, 0.2) is 0 Å². The lowest BCUT2D eigenvalue weighted by Crippen LogP contribution is -2.07. The van der Waals surface area contributed by atoms with E-state index in [1.807, 2.05) is 6.92 Å². The van der Waals surface area contributed by atoms with Crippen LogP contribution in [-0.2, 0) is 0 Å². The Bertz CT molecular complexity index is 47.0. The zero-order chi connectivity index (χ0) is 5.86. The summed E-state index contributed by atoms with van der Waals surface area (Å²) in [6.07, 6.45) is 0. The van der Waals surface area contributed by atoms with Crippen LogP contribution < -0.4 is 0 Å². The SMILES string of the molecule is CC(CO)C(Br)Br. The van der Waals surface area contributed by atoms with Crippen LogP contribution in [0.2, 0.25) is 0 Å². The van der Waals surface area contributed by atoms with E-state index in [1.165, 1.54) is 0 Å². The van der Waals surface area contributed by atoms with Crippen molar-refractivity contribution in [3.8, 4) is 0 Å². The van der Waals surface area contributed by atoms with Gasteiger partial charge in [-0.05, 0) is 0 Å². The maximum absolute atomic E-state index is 8.45. The van der Waals surface area contributed by atoms with E-state index in [9.17, 15) is 0 Å². The summed E-state index contributed by atoms with van der Waals surface area (Å²) < 4.78 is 0.241. The second-order valence-electron chi connectivity index (χ2n) is 1.49. The minimum Gasteiger partial charge on any atom is -0.396 e. The van der Waals surface area contributed by atoms with Crippen LogP contribution in [0.4, 0.5) is 0 Å². The molecular weight excluding hydrogens is 224 g/mol. The number of halogens is 2. The molecule has 3 heteroatoms. The maximum Gasteiger partial charge on any atom is 0.0745 e. The number of hydrogen-bond acceptors (Lipinski definition) is 1. The van der Waals surface area contributed by atoms with Gasteiger partial charge in [0.05, 0.1) is 3.74 Å². The summed E-state index contributed by atoms with van der Waals surface area (Å²) in [5.74, 6) is 0.292. The Balaban J connectivity index is 3.14. The molecule has 0 bridgehead atoms. The lowest BCUT2D eigenvalue weighted by Gasteiger charge is -2.06. The van der Waals surface area contributed by atoms with Gasteiger partial charge in [-0.3, -0.25) is 0 Å². The Labute approximate surface area is 60.4 Å². The fourth-order valence-corrected chi connectivity index (χ4v) is 0.414. The highest BCUT2D eigenvalue weighted by Gasteiger charge is 2.06. The molecule has 0 aromatic rings. The molecule has 0 radical (unpaired) electrons. The first-order chi connectivity index (χ1) is 3.18. The molecule has 1 atom stereocenters. The van der Waals surface area contributed by atoms with E-state index < -0.39 is 0 Å². The highest BCUT2D eigenvalue weighted by atomic mass is 79.9. The number of alkyl halides is 2. The first-order valence-corrected chi connectivity index (χ1v) is 3.90. The molecule has 0 fully saturated rings. The predicted molar refractivity (Wildman–Crippen MR) is 37.9 cm³/mol. The second-order valence-corrected chi connectivity index (χ2v) is 4.70. The lowest BCUT2D eigenvalue weighted by atomic mass is 10.2. The van der Waals surface area contributed by atoms with E-state index in [0.717, 1.165) is 0 Å². The summed E-state index contributed by atoms with van der Waals surface area (Å²) in [5, 5.41) is 8.45. The first-order valence-electron chi connectivity index (χ1n) is 2.07. The molecule has 0 amide bonds. The summed E-state index contributed by atoms with van der Waals surface area (Å²) in [6.45, 7) is 2.18. The molecule has 0 aromatic carbocycles. The molecule has 0 aliphatic heterocycles. The standard InChI is InChI=1S/C4H8Br2O/c1-3(2-7)4(5)6/h3-4,7H,2H2,1H3. The molecule has 0 spiro atoms. The molecule has 1 unspecified atom stereocenters. The summed E-state index contributed by atoms with van der Waals surface area (Å²) >= 11 is 6.51. The minimum absolute atomic E-state index is 0.223. The van der Waals surface area contributed by atoms with Gasteiger partial charge in [-0.1, -0.05) is 38.8 Å². The van der Waals surface area contributed by atoms with Crippen LogP contribution in [0.1, 0.15) is 6.92 Å². The van der Waals surface area contributed by atoms with E-state index >= 15 is 0 Å². The van der Waals surface area contributed by atoms with Gasteiger partial charge in [0.2, 0.25) is 0 Å². The summed E-state index contributed by atoms with van der Waals surface area (Å²) in [4.78, 5) is 0. The number of rotatable bonds is 2. The molecule has 0 saturated carbocycles. The van der Waals surface area contributed by atoms with Crippen molar-refractivity contribution in [2.75, 3.05) is 6.61 Å². The van der Waals surface area contributed by atoms with E-state index in [4.69, 9.17) is 5.11 Å². The first kappa shape index (κ1) is 7.92. The summed E-state index contributed by atoms with van der Waals surface area (Å²) in [7, 11) is 0. The highest BCUT2D eigenvalue weighted by Crippen LogP contribution is 2.17. The normalized spacial score (nSPS) is 15.0. The molecule has 0 heterocycles. The van der Waals surface area contributed by atoms with Crippen molar-refractivity contribution in [1.29, 1.82) is 0 Å². The quantitative estimate of drug-likeness (QED) is 0.718.